The molecule has 1 aliphatic heterocycles. The van der Waals surface area contributed by atoms with Gasteiger partial charge in [-0.05, 0) is 25.2 Å². The smallest absolute Gasteiger partial charge is 0.419 e. The van der Waals surface area contributed by atoms with E-state index in [1.54, 1.807) is 0 Å². The summed E-state index contributed by atoms with van der Waals surface area (Å²) < 4.78 is 44.4. The van der Waals surface area contributed by atoms with Gasteiger partial charge in [0, 0.05) is 18.3 Å². The number of hydrogen-bond donors (Lipinski definition) is 1. The van der Waals surface area contributed by atoms with Crippen molar-refractivity contribution in [2.75, 3.05) is 0 Å². The molecular weight excluding hydrogens is 349 g/mol. The van der Waals surface area contributed by atoms with Crippen molar-refractivity contribution in [3.63, 3.8) is 0 Å². The number of ketones is 1. The normalized spacial score (nSPS) is 33.3. The third-order valence-corrected chi connectivity index (χ3v) is 6.04. The van der Waals surface area contributed by atoms with Gasteiger partial charge >= 0.3 is 12.1 Å². The lowest BCUT2D eigenvalue weighted by molar-refractivity contribution is -0.233. The van der Waals surface area contributed by atoms with Gasteiger partial charge in [0.15, 0.2) is 6.10 Å². The monoisotopic (exact) mass is 374 g/mol. The molecule has 0 aromatic carbocycles. The molecule has 7 heteroatoms. The second-order valence-corrected chi connectivity index (χ2v) is 7.87. The minimum atomic E-state index is -4.75. The van der Waals surface area contributed by atoms with Crippen LogP contribution in [0.3, 0.4) is 0 Å². The van der Waals surface area contributed by atoms with Crippen molar-refractivity contribution in [2.45, 2.75) is 76.2 Å². The van der Waals surface area contributed by atoms with E-state index in [4.69, 9.17) is 9.84 Å². The molecule has 0 bridgehead atoms. The predicted molar refractivity (Wildman–Crippen MR) is 87.5 cm³/mol. The van der Waals surface area contributed by atoms with E-state index < -0.39 is 35.8 Å². The number of alkyl halides is 3. The van der Waals surface area contributed by atoms with Gasteiger partial charge in [0.1, 0.15) is 5.78 Å². The number of carbonyl (C=O) groups excluding carboxylic acids is 1. The number of carboxylic acids is 1. The topological polar surface area (TPSA) is 63.6 Å². The minimum absolute atomic E-state index is 0.179. The zero-order chi connectivity index (χ0) is 18.9. The Balaban J connectivity index is 1.67. The van der Waals surface area contributed by atoms with E-state index in [0.29, 0.717) is 31.6 Å². The summed E-state index contributed by atoms with van der Waals surface area (Å²) in [6.45, 7) is 0. The number of halogens is 3. The summed E-state index contributed by atoms with van der Waals surface area (Å²) in [5, 5.41) is 9.14. The summed E-state index contributed by atoms with van der Waals surface area (Å²) in [5.74, 6) is -1.64. The summed E-state index contributed by atoms with van der Waals surface area (Å²) >= 11 is 0. The fraction of sp³-hybridized carbons (Fsp3) is 0.789. The highest BCUT2D eigenvalue weighted by Gasteiger charge is 2.51. The van der Waals surface area contributed by atoms with E-state index in [9.17, 15) is 22.8 Å². The Hall–Kier alpha value is -1.37. The van der Waals surface area contributed by atoms with Gasteiger partial charge in [-0.25, -0.2) is 4.79 Å². The van der Waals surface area contributed by atoms with Crippen LogP contribution < -0.4 is 0 Å². The molecule has 3 aliphatic rings. The third-order valence-electron chi connectivity index (χ3n) is 6.04. The van der Waals surface area contributed by atoms with Gasteiger partial charge in [-0.15, -0.1) is 0 Å². The molecule has 3 rings (SSSR count). The maximum Gasteiger partial charge on any atom is 0.419 e. The molecule has 0 amide bonds. The Labute approximate surface area is 150 Å². The fourth-order valence-electron chi connectivity index (χ4n) is 4.66. The molecule has 0 radical (unpaired) electrons. The molecule has 0 saturated heterocycles. The van der Waals surface area contributed by atoms with Gasteiger partial charge in [-0.1, -0.05) is 38.2 Å². The zero-order valence-corrected chi connectivity index (χ0v) is 14.6. The first-order valence-corrected chi connectivity index (χ1v) is 9.45. The van der Waals surface area contributed by atoms with Crippen LogP contribution in [0, 0.1) is 17.8 Å². The standard InChI is InChI=1S/C19H25F3O4/c20-19(21,22)17-14(18(24)25)10-13-9-12(6-7-16(13)26-17)15(23)8-11-4-2-1-3-5-11/h10-13,16-17H,1-9H2,(H,24,25). The molecule has 0 aromatic rings. The maximum atomic E-state index is 13.1. The number of carbonyl (C=O) groups is 2. The van der Waals surface area contributed by atoms with Crippen LogP contribution >= 0.6 is 0 Å². The van der Waals surface area contributed by atoms with E-state index in [-0.39, 0.29) is 11.7 Å². The second kappa shape index (κ2) is 7.71. The largest absolute Gasteiger partial charge is 0.478 e. The number of Topliss-reactive ketones (excluding diaryl/α,β-unsaturated/α-hetero) is 1. The average molecular weight is 374 g/mol. The second-order valence-electron chi connectivity index (χ2n) is 7.87. The quantitative estimate of drug-likeness (QED) is 0.798. The first kappa shape index (κ1) is 19.4. The van der Waals surface area contributed by atoms with Crippen LogP contribution in [0.5, 0.6) is 0 Å². The number of ether oxygens (including phenoxy) is 1. The molecule has 2 fully saturated rings. The van der Waals surface area contributed by atoms with Gasteiger partial charge in [-0.2, -0.15) is 13.2 Å². The van der Waals surface area contributed by atoms with Crippen LogP contribution in [0.2, 0.25) is 0 Å². The molecule has 1 heterocycles. The maximum absolute atomic E-state index is 13.1. The van der Waals surface area contributed by atoms with Crippen molar-refractivity contribution < 1.29 is 32.6 Å². The lowest BCUT2D eigenvalue weighted by atomic mass is 9.73. The van der Waals surface area contributed by atoms with Crippen LogP contribution in [0.4, 0.5) is 13.2 Å². The van der Waals surface area contributed by atoms with Crippen LogP contribution in [-0.4, -0.2) is 35.2 Å². The van der Waals surface area contributed by atoms with Gasteiger partial charge in [0.05, 0.1) is 11.7 Å². The summed E-state index contributed by atoms with van der Waals surface area (Å²) in [5.41, 5.74) is -0.751. The van der Waals surface area contributed by atoms with Crippen molar-refractivity contribution in [2.24, 2.45) is 17.8 Å². The van der Waals surface area contributed by atoms with E-state index in [2.05, 4.69) is 0 Å². The number of rotatable bonds is 4. The summed E-state index contributed by atoms with van der Waals surface area (Å²) in [6, 6.07) is 0. The van der Waals surface area contributed by atoms with Crippen molar-refractivity contribution in [3.05, 3.63) is 11.6 Å². The Morgan fingerprint density at radius 1 is 1.12 bits per heavy atom. The first-order chi connectivity index (χ1) is 12.3. The molecule has 146 valence electrons. The predicted octanol–water partition coefficient (Wildman–Crippen LogP) is 4.28. The SMILES string of the molecule is O=C(O)C1=CC2CC(C(=O)CC3CCCCC3)CCC2OC1C(F)(F)F. The van der Waals surface area contributed by atoms with E-state index >= 15 is 0 Å². The lowest BCUT2D eigenvalue weighted by Gasteiger charge is -2.40. The van der Waals surface area contributed by atoms with Gasteiger partial charge in [0.2, 0.25) is 0 Å². The average Bonchev–Trinajstić information content (AvgIpc) is 2.60. The highest BCUT2D eigenvalue weighted by molar-refractivity contribution is 5.88. The van der Waals surface area contributed by atoms with E-state index in [1.165, 1.54) is 12.5 Å². The summed E-state index contributed by atoms with van der Waals surface area (Å²) in [7, 11) is 0. The molecule has 4 atom stereocenters. The Morgan fingerprint density at radius 2 is 1.81 bits per heavy atom. The van der Waals surface area contributed by atoms with Crippen LogP contribution in [0.1, 0.15) is 57.8 Å². The van der Waals surface area contributed by atoms with Crippen molar-refractivity contribution >= 4 is 11.8 Å². The number of fused-ring (bicyclic) bond motifs is 1. The van der Waals surface area contributed by atoms with E-state index in [1.807, 2.05) is 0 Å². The van der Waals surface area contributed by atoms with E-state index in [0.717, 1.165) is 25.7 Å². The number of aliphatic carboxylic acids is 1. The van der Waals surface area contributed by atoms with Crippen LogP contribution in [-0.2, 0) is 14.3 Å². The van der Waals surface area contributed by atoms with Crippen LogP contribution in [0.15, 0.2) is 11.6 Å². The highest BCUT2D eigenvalue weighted by atomic mass is 19.4. The Kier molecular flexibility index (Phi) is 5.75. The molecule has 0 aromatic heterocycles. The van der Waals surface area contributed by atoms with Crippen molar-refractivity contribution in [1.82, 2.24) is 0 Å². The van der Waals surface area contributed by atoms with Gasteiger partial charge in [0.25, 0.3) is 0 Å². The molecule has 2 aliphatic carbocycles. The first-order valence-electron chi connectivity index (χ1n) is 9.45. The lowest BCUT2D eigenvalue weighted by Crippen LogP contribution is -2.47. The van der Waals surface area contributed by atoms with Crippen LogP contribution in [0.25, 0.3) is 0 Å². The highest BCUT2D eigenvalue weighted by Crippen LogP contribution is 2.42. The Bertz CT molecular complexity index is 578. The Morgan fingerprint density at radius 3 is 2.42 bits per heavy atom. The third kappa shape index (κ3) is 4.30. The molecule has 0 spiro atoms. The van der Waals surface area contributed by atoms with Crippen molar-refractivity contribution in [3.8, 4) is 0 Å². The zero-order valence-electron chi connectivity index (χ0n) is 14.6. The molecule has 4 unspecified atom stereocenters. The summed E-state index contributed by atoms with van der Waals surface area (Å²) in [4.78, 5) is 23.9. The molecule has 4 nitrogen and oxygen atoms in total. The molecule has 2 saturated carbocycles. The fourth-order valence-corrected chi connectivity index (χ4v) is 4.66. The van der Waals surface area contributed by atoms with Gasteiger partial charge < -0.3 is 9.84 Å². The molecule has 1 N–H and O–H groups in total. The molecule has 26 heavy (non-hydrogen) atoms. The van der Waals surface area contributed by atoms with Gasteiger partial charge in [-0.3, -0.25) is 4.79 Å². The van der Waals surface area contributed by atoms with Crippen molar-refractivity contribution in [1.29, 1.82) is 0 Å². The number of carboxylic acid groups (broad SMARTS) is 1. The summed E-state index contributed by atoms with van der Waals surface area (Å²) in [6.07, 6.45) is 0.898. The minimum Gasteiger partial charge on any atom is -0.478 e. The number of hydrogen-bond acceptors (Lipinski definition) is 3. The molecular formula is C19H25F3O4.